The van der Waals surface area contributed by atoms with Gasteiger partial charge in [-0.15, -0.1) is 0 Å². The first-order chi connectivity index (χ1) is 16.9. The van der Waals surface area contributed by atoms with Crippen LogP contribution in [0.3, 0.4) is 0 Å². The Bertz CT molecular complexity index is 978. The third kappa shape index (κ3) is 5.30. The summed E-state index contributed by atoms with van der Waals surface area (Å²) in [4.78, 5) is 62.6. The molecular formula is C28H42O9. The molecule has 3 N–H and O–H groups in total. The zero-order valence-electron chi connectivity index (χ0n) is 23.0. The van der Waals surface area contributed by atoms with Crippen molar-refractivity contribution < 1.29 is 44.0 Å². The Morgan fingerprint density at radius 1 is 1.14 bits per heavy atom. The summed E-state index contributed by atoms with van der Waals surface area (Å²) in [7, 11) is 0. The van der Waals surface area contributed by atoms with Crippen LogP contribution >= 0.6 is 0 Å². The molecule has 0 aromatic carbocycles. The molecule has 208 valence electrons. The standard InChI is InChI=1S/C28H42O9/c1-8-18(15-37-22(33)12-16(2)11-21(31)32)27(6)26(5,20(30)9-10-29)23-17(3)13-25(4,35)14-19(23)24(34)28(27,7)36/h10-11,17-19,23,35-36H,8-9,12-15H2,1-7H3,(H,31,32)/t17-,18+,19+,23+,25-,26-,27-,28-/m1/s1. The lowest BCUT2D eigenvalue weighted by Crippen LogP contribution is -2.74. The Morgan fingerprint density at radius 3 is 2.24 bits per heavy atom. The first-order valence-electron chi connectivity index (χ1n) is 12.9. The Kier molecular flexibility index (Phi) is 8.97. The number of carboxylic acid groups (broad SMARTS) is 1. The zero-order valence-corrected chi connectivity index (χ0v) is 23.0. The van der Waals surface area contributed by atoms with Crippen LogP contribution in [0.5, 0.6) is 0 Å². The molecule has 8 atom stereocenters. The molecule has 0 heterocycles. The molecule has 2 saturated carbocycles. The first-order valence-corrected chi connectivity index (χ1v) is 12.9. The van der Waals surface area contributed by atoms with E-state index in [9.17, 15) is 34.2 Å². The molecule has 0 bridgehead atoms. The minimum atomic E-state index is -2.03. The number of carbonyl (C=O) groups is 5. The number of hydrogen-bond acceptors (Lipinski definition) is 8. The molecular weight excluding hydrogens is 480 g/mol. The van der Waals surface area contributed by atoms with Crippen LogP contribution in [0.2, 0.25) is 0 Å². The largest absolute Gasteiger partial charge is 0.478 e. The third-order valence-electron chi connectivity index (χ3n) is 9.44. The van der Waals surface area contributed by atoms with Crippen LogP contribution in [0.1, 0.15) is 80.6 Å². The molecule has 0 amide bonds. The summed E-state index contributed by atoms with van der Waals surface area (Å²) in [6.45, 7) is 11.4. The van der Waals surface area contributed by atoms with Gasteiger partial charge in [0, 0.05) is 28.7 Å². The minimum absolute atomic E-state index is 0.0952. The summed E-state index contributed by atoms with van der Waals surface area (Å²) in [5.74, 6) is -4.94. The molecule has 2 rings (SSSR count). The van der Waals surface area contributed by atoms with Gasteiger partial charge in [-0.25, -0.2) is 4.79 Å². The maximum atomic E-state index is 13.9. The Balaban J connectivity index is 2.60. The van der Waals surface area contributed by atoms with Crippen molar-refractivity contribution in [2.75, 3.05) is 6.61 Å². The predicted molar refractivity (Wildman–Crippen MR) is 134 cm³/mol. The van der Waals surface area contributed by atoms with Crippen molar-refractivity contribution in [2.24, 2.45) is 34.5 Å². The fraction of sp³-hybridized carbons (Fsp3) is 0.750. The van der Waals surface area contributed by atoms with E-state index in [-0.39, 0.29) is 25.4 Å². The third-order valence-corrected chi connectivity index (χ3v) is 9.44. The van der Waals surface area contributed by atoms with E-state index in [1.807, 2.05) is 13.8 Å². The van der Waals surface area contributed by atoms with Gasteiger partial charge < -0.3 is 24.9 Å². The monoisotopic (exact) mass is 522 g/mol. The summed E-state index contributed by atoms with van der Waals surface area (Å²) in [5, 5.41) is 31.7. The van der Waals surface area contributed by atoms with Crippen LogP contribution in [0.15, 0.2) is 11.6 Å². The molecule has 37 heavy (non-hydrogen) atoms. The number of Topliss-reactive ketones (excluding diaryl/α,β-unsaturated/α-hetero) is 2. The number of aliphatic carboxylic acids is 1. The van der Waals surface area contributed by atoms with Crippen LogP contribution < -0.4 is 0 Å². The molecule has 0 aromatic heterocycles. The second-order valence-electron chi connectivity index (χ2n) is 11.9. The first kappa shape index (κ1) is 30.8. The highest BCUT2D eigenvalue weighted by molar-refractivity contribution is 6.00. The van der Waals surface area contributed by atoms with Gasteiger partial charge in [-0.2, -0.15) is 0 Å². The van der Waals surface area contributed by atoms with E-state index < -0.39 is 69.7 Å². The van der Waals surface area contributed by atoms with Crippen molar-refractivity contribution >= 4 is 29.8 Å². The summed E-state index contributed by atoms with van der Waals surface area (Å²) >= 11 is 0. The van der Waals surface area contributed by atoms with E-state index >= 15 is 0 Å². The molecule has 0 spiro atoms. The van der Waals surface area contributed by atoms with Crippen LogP contribution in [-0.2, 0) is 28.7 Å². The molecule has 2 aliphatic rings. The van der Waals surface area contributed by atoms with Crippen LogP contribution in [0.4, 0.5) is 0 Å². The summed E-state index contributed by atoms with van der Waals surface area (Å²) in [5.41, 5.74) is -5.64. The number of carboxylic acids is 1. The van der Waals surface area contributed by atoms with E-state index in [2.05, 4.69) is 0 Å². The number of rotatable bonds is 10. The van der Waals surface area contributed by atoms with E-state index in [1.54, 1.807) is 20.8 Å². The number of fused-ring (bicyclic) bond motifs is 1. The zero-order chi connectivity index (χ0) is 28.6. The summed E-state index contributed by atoms with van der Waals surface area (Å²) in [6, 6.07) is 0. The molecule has 9 heteroatoms. The lowest BCUT2D eigenvalue weighted by Gasteiger charge is -2.66. The van der Waals surface area contributed by atoms with Gasteiger partial charge in [0.2, 0.25) is 0 Å². The normalized spacial score (nSPS) is 38.9. The highest BCUT2D eigenvalue weighted by atomic mass is 16.5. The topological polar surface area (TPSA) is 155 Å². The van der Waals surface area contributed by atoms with E-state index in [0.29, 0.717) is 24.7 Å². The van der Waals surface area contributed by atoms with Gasteiger partial charge in [0.05, 0.1) is 25.0 Å². The van der Waals surface area contributed by atoms with Gasteiger partial charge in [0.15, 0.2) is 5.78 Å². The summed E-state index contributed by atoms with van der Waals surface area (Å²) < 4.78 is 5.51. The SMILES string of the molecule is CC[C@@H](COC(=O)CC(C)=CC(=O)O)[C@@]1(C)[C@](C)(O)C(=O)[C@H]2C[C@](C)(O)C[C@@H](C)[C@@H]2[C@@]1(C)C(=O)CC=O. The highest BCUT2D eigenvalue weighted by Gasteiger charge is 2.74. The number of ether oxygens (including phenoxy) is 1. The number of ketones is 2. The quantitative estimate of drug-likeness (QED) is 0.170. The van der Waals surface area contributed by atoms with Crippen molar-refractivity contribution in [3.05, 3.63) is 11.6 Å². The molecule has 0 aliphatic heterocycles. The molecule has 0 unspecified atom stereocenters. The van der Waals surface area contributed by atoms with Crippen molar-refractivity contribution in [3.63, 3.8) is 0 Å². The Labute approximate surface area is 218 Å². The average Bonchev–Trinajstić information content (AvgIpc) is 2.75. The molecule has 2 aliphatic carbocycles. The highest BCUT2D eigenvalue weighted by Crippen LogP contribution is 2.67. The van der Waals surface area contributed by atoms with Crippen molar-refractivity contribution in [1.29, 1.82) is 0 Å². The lowest BCUT2D eigenvalue weighted by molar-refractivity contribution is -0.240. The van der Waals surface area contributed by atoms with Crippen molar-refractivity contribution in [2.45, 2.75) is 91.8 Å². The van der Waals surface area contributed by atoms with Gasteiger partial charge in [-0.1, -0.05) is 33.3 Å². The second kappa shape index (κ2) is 10.8. The Morgan fingerprint density at radius 2 is 1.73 bits per heavy atom. The fourth-order valence-corrected chi connectivity index (χ4v) is 7.61. The number of esters is 1. The number of aldehydes is 1. The number of aliphatic hydroxyl groups is 2. The van der Waals surface area contributed by atoms with Crippen LogP contribution in [-0.4, -0.2) is 62.9 Å². The average molecular weight is 523 g/mol. The van der Waals surface area contributed by atoms with Gasteiger partial charge in [-0.05, 0) is 51.9 Å². The summed E-state index contributed by atoms with van der Waals surface area (Å²) in [6.07, 6.45) is 1.60. The van der Waals surface area contributed by atoms with E-state index in [4.69, 9.17) is 9.84 Å². The minimum Gasteiger partial charge on any atom is -0.478 e. The second-order valence-corrected chi connectivity index (χ2v) is 11.9. The molecule has 0 saturated heterocycles. The maximum absolute atomic E-state index is 13.9. The fourth-order valence-electron chi connectivity index (χ4n) is 7.61. The molecule has 9 nitrogen and oxygen atoms in total. The van der Waals surface area contributed by atoms with Crippen LogP contribution in [0, 0.1) is 34.5 Å². The van der Waals surface area contributed by atoms with Gasteiger partial charge in [0.25, 0.3) is 0 Å². The van der Waals surface area contributed by atoms with Gasteiger partial charge in [-0.3, -0.25) is 14.4 Å². The molecule has 2 fully saturated rings. The molecule has 0 radical (unpaired) electrons. The van der Waals surface area contributed by atoms with Gasteiger partial charge >= 0.3 is 11.9 Å². The predicted octanol–water partition coefficient (Wildman–Crippen LogP) is 2.89. The van der Waals surface area contributed by atoms with Crippen molar-refractivity contribution in [3.8, 4) is 0 Å². The number of hydrogen-bond donors (Lipinski definition) is 3. The number of carbonyl (C=O) groups excluding carboxylic acids is 4. The molecule has 0 aromatic rings. The smallest absolute Gasteiger partial charge is 0.328 e. The van der Waals surface area contributed by atoms with Crippen LogP contribution in [0.25, 0.3) is 0 Å². The Hall–Kier alpha value is -2.39. The van der Waals surface area contributed by atoms with E-state index in [1.165, 1.54) is 13.8 Å². The van der Waals surface area contributed by atoms with E-state index in [0.717, 1.165) is 6.08 Å². The van der Waals surface area contributed by atoms with Crippen molar-refractivity contribution in [1.82, 2.24) is 0 Å². The maximum Gasteiger partial charge on any atom is 0.328 e. The lowest BCUT2D eigenvalue weighted by atomic mass is 9.36. The van der Waals surface area contributed by atoms with Gasteiger partial charge in [0.1, 0.15) is 17.7 Å².